The summed E-state index contributed by atoms with van der Waals surface area (Å²) < 4.78 is 10.6. The van der Waals surface area contributed by atoms with Gasteiger partial charge in [0.1, 0.15) is 12.2 Å². The molecule has 0 radical (unpaired) electrons. The minimum absolute atomic E-state index is 0.111. The van der Waals surface area contributed by atoms with Gasteiger partial charge in [-0.25, -0.2) is 4.98 Å². The van der Waals surface area contributed by atoms with Crippen LogP contribution >= 0.6 is 0 Å². The fourth-order valence-electron chi connectivity index (χ4n) is 1.82. The number of primary amides is 1. The molecule has 0 unspecified atom stereocenters. The molecule has 0 aromatic carbocycles. The van der Waals surface area contributed by atoms with Crippen LogP contribution in [0.15, 0.2) is 12.3 Å². The lowest BCUT2D eigenvalue weighted by atomic mass is 9.79. The fourth-order valence-corrected chi connectivity index (χ4v) is 1.82. The van der Waals surface area contributed by atoms with E-state index in [0.29, 0.717) is 11.7 Å². The SMILES string of the molecule is COc1ccnc(C2(OCC(N)=O)CCC2)n1. The molecule has 17 heavy (non-hydrogen) atoms. The van der Waals surface area contributed by atoms with Crippen molar-refractivity contribution in [2.24, 2.45) is 5.73 Å². The first-order chi connectivity index (χ1) is 8.16. The number of methoxy groups -OCH3 is 1. The van der Waals surface area contributed by atoms with E-state index in [-0.39, 0.29) is 6.61 Å². The Bertz CT molecular complexity index is 418. The maximum Gasteiger partial charge on any atom is 0.243 e. The van der Waals surface area contributed by atoms with Crippen molar-refractivity contribution in [3.8, 4) is 5.88 Å². The lowest BCUT2D eigenvalue weighted by Gasteiger charge is -2.39. The predicted molar refractivity (Wildman–Crippen MR) is 59.3 cm³/mol. The number of carbonyl (C=O) groups excluding carboxylic acids is 1. The average molecular weight is 237 g/mol. The molecule has 2 N–H and O–H groups in total. The summed E-state index contributed by atoms with van der Waals surface area (Å²) in [5.74, 6) is 0.562. The quantitative estimate of drug-likeness (QED) is 0.799. The van der Waals surface area contributed by atoms with Crippen LogP contribution in [0.25, 0.3) is 0 Å². The molecule has 0 bridgehead atoms. The van der Waals surface area contributed by atoms with Gasteiger partial charge in [0.25, 0.3) is 0 Å². The van der Waals surface area contributed by atoms with E-state index in [2.05, 4.69) is 9.97 Å². The van der Waals surface area contributed by atoms with E-state index in [9.17, 15) is 4.79 Å². The molecule has 0 atom stereocenters. The summed E-state index contributed by atoms with van der Waals surface area (Å²) in [4.78, 5) is 19.2. The number of rotatable bonds is 5. The standard InChI is InChI=1S/C11H15N3O3/c1-16-9-3-6-13-10(14-9)11(4-2-5-11)17-7-8(12)15/h3,6H,2,4-5,7H2,1H3,(H2,12,15). The van der Waals surface area contributed by atoms with E-state index in [1.807, 2.05) is 0 Å². The first kappa shape index (κ1) is 11.8. The van der Waals surface area contributed by atoms with Gasteiger partial charge >= 0.3 is 0 Å². The van der Waals surface area contributed by atoms with Gasteiger partial charge in [0.15, 0.2) is 5.82 Å². The Morgan fingerprint density at radius 2 is 2.35 bits per heavy atom. The summed E-state index contributed by atoms with van der Waals surface area (Å²) in [7, 11) is 1.55. The van der Waals surface area contributed by atoms with Crippen LogP contribution in [-0.4, -0.2) is 29.6 Å². The van der Waals surface area contributed by atoms with Gasteiger partial charge < -0.3 is 15.2 Å². The third kappa shape index (κ3) is 2.36. The highest BCUT2D eigenvalue weighted by atomic mass is 16.5. The topological polar surface area (TPSA) is 87.3 Å². The second-order valence-electron chi connectivity index (χ2n) is 4.03. The minimum atomic E-state index is -0.566. The zero-order valence-corrected chi connectivity index (χ0v) is 9.68. The van der Waals surface area contributed by atoms with Crippen molar-refractivity contribution >= 4 is 5.91 Å². The van der Waals surface area contributed by atoms with Crippen LogP contribution in [0.4, 0.5) is 0 Å². The van der Waals surface area contributed by atoms with Crippen LogP contribution in [0.3, 0.4) is 0 Å². The minimum Gasteiger partial charge on any atom is -0.481 e. The van der Waals surface area contributed by atoms with Crippen LogP contribution in [0, 0.1) is 0 Å². The zero-order chi connectivity index (χ0) is 12.3. The highest BCUT2D eigenvalue weighted by Gasteiger charge is 2.43. The molecule has 92 valence electrons. The van der Waals surface area contributed by atoms with Gasteiger partial charge in [-0.3, -0.25) is 4.79 Å². The van der Waals surface area contributed by atoms with Crippen molar-refractivity contribution in [1.82, 2.24) is 9.97 Å². The molecule has 1 aliphatic rings. The van der Waals surface area contributed by atoms with Gasteiger partial charge in [-0.05, 0) is 19.3 Å². The summed E-state index contributed by atoms with van der Waals surface area (Å²) in [5, 5.41) is 0. The van der Waals surface area contributed by atoms with Crippen molar-refractivity contribution in [2.45, 2.75) is 24.9 Å². The number of carbonyl (C=O) groups is 1. The Balaban J connectivity index is 2.18. The number of aromatic nitrogens is 2. The Labute approximate surface area is 99.1 Å². The largest absolute Gasteiger partial charge is 0.481 e. The molecule has 1 saturated carbocycles. The molecule has 0 saturated heterocycles. The van der Waals surface area contributed by atoms with Gasteiger partial charge in [-0.1, -0.05) is 0 Å². The van der Waals surface area contributed by atoms with Crippen molar-refractivity contribution in [2.75, 3.05) is 13.7 Å². The van der Waals surface area contributed by atoms with Crippen LogP contribution in [0.5, 0.6) is 5.88 Å². The molecule has 1 fully saturated rings. The van der Waals surface area contributed by atoms with Crippen molar-refractivity contribution in [3.05, 3.63) is 18.1 Å². The second kappa shape index (κ2) is 4.67. The summed E-state index contributed by atoms with van der Waals surface area (Å²) in [5.41, 5.74) is 4.52. The van der Waals surface area contributed by atoms with E-state index in [4.69, 9.17) is 15.2 Å². The van der Waals surface area contributed by atoms with E-state index in [1.165, 1.54) is 0 Å². The van der Waals surface area contributed by atoms with E-state index in [0.717, 1.165) is 19.3 Å². The van der Waals surface area contributed by atoms with Gasteiger partial charge in [0, 0.05) is 12.3 Å². The Kier molecular flexibility index (Phi) is 3.23. The first-order valence-electron chi connectivity index (χ1n) is 5.46. The molecule has 2 rings (SSSR count). The molecule has 1 aromatic rings. The molecule has 0 spiro atoms. The highest BCUT2D eigenvalue weighted by molar-refractivity contribution is 5.75. The number of amides is 1. The van der Waals surface area contributed by atoms with Gasteiger partial charge in [0.2, 0.25) is 11.8 Å². The van der Waals surface area contributed by atoms with E-state index in [1.54, 1.807) is 19.4 Å². The Morgan fingerprint density at radius 1 is 1.59 bits per heavy atom. The average Bonchev–Trinajstić information content (AvgIpc) is 2.27. The number of ether oxygens (including phenoxy) is 2. The molecule has 6 heteroatoms. The maximum atomic E-state index is 10.8. The fraction of sp³-hybridized carbons (Fsp3) is 0.545. The Hall–Kier alpha value is -1.69. The molecular formula is C11H15N3O3. The number of nitrogens with zero attached hydrogens (tertiary/aromatic N) is 2. The monoisotopic (exact) mass is 237 g/mol. The lowest BCUT2D eigenvalue weighted by Crippen LogP contribution is -2.41. The maximum absolute atomic E-state index is 10.8. The van der Waals surface area contributed by atoms with Crippen molar-refractivity contribution in [1.29, 1.82) is 0 Å². The smallest absolute Gasteiger partial charge is 0.243 e. The molecule has 1 heterocycles. The molecule has 1 aliphatic carbocycles. The van der Waals surface area contributed by atoms with Crippen LogP contribution in [-0.2, 0) is 15.1 Å². The van der Waals surface area contributed by atoms with Crippen molar-refractivity contribution < 1.29 is 14.3 Å². The van der Waals surface area contributed by atoms with Crippen LogP contribution in [0.1, 0.15) is 25.1 Å². The third-order valence-corrected chi connectivity index (χ3v) is 2.90. The predicted octanol–water partition coefficient (Wildman–Crippen LogP) is 0.366. The van der Waals surface area contributed by atoms with Crippen LogP contribution < -0.4 is 10.5 Å². The summed E-state index contributed by atoms with van der Waals surface area (Å²) in [6.45, 7) is -0.111. The normalized spacial score (nSPS) is 17.2. The third-order valence-electron chi connectivity index (χ3n) is 2.90. The lowest BCUT2D eigenvalue weighted by molar-refractivity contribution is -0.143. The molecule has 6 nitrogen and oxygen atoms in total. The van der Waals surface area contributed by atoms with E-state index >= 15 is 0 Å². The van der Waals surface area contributed by atoms with Gasteiger partial charge in [0.05, 0.1) is 7.11 Å². The second-order valence-corrected chi connectivity index (χ2v) is 4.03. The number of hydrogen-bond donors (Lipinski definition) is 1. The number of hydrogen-bond acceptors (Lipinski definition) is 5. The summed E-state index contributed by atoms with van der Waals surface area (Å²) >= 11 is 0. The highest BCUT2D eigenvalue weighted by Crippen LogP contribution is 2.43. The van der Waals surface area contributed by atoms with Gasteiger partial charge in [-0.2, -0.15) is 4.98 Å². The Morgan fingerprint density at radius 3 is 2.88 bits per heavy atom. The summed E-state index contributed by atoms with van der Waals surface area (Å²) in [6.07, 6.45) is 4.25. The number of nitrogens with two attached hydrogens (primary N) is 1. The molecule has 0 aliphatic heterocycles. The van der Waals surface area contributed by atoms with Gasteiger partial charge in [-0.15, -0.1) is 0 Å². The molecular weight excluding hydrogens is 222 g/mol. The summed E-state index contributed by atoms with van der Waals surface area (Å²) in [6, 6.07) is 1.67. The molecule has 1 aromatic heterocycles. The molecule has 1 amide bonds. The van der Waals surface area contributed by atoms with E-state index < -0.39 is 11.5 Å². The first-order valence-corrected chi connectivity index (χ1v) is 5.46. The van der Waals surface area contributed by atoms with Crippen molar-refractivity contribution in [3.63, 3.8) is 0 Å². The van der Waals surface area contributed by atoms with Crippen LogP contribution in [0.2, 0.25) is 0 Å². The zero-order valence-electron chi connectivity index (χ0n) is 9.68.